The summed E-state index contributed by atoms with van der Waals surface area (Å²) in [6.45, 7) is 4.35. The number of anilines is 2. The highest BCUT2D eigenvalue weighted by atomic mass is 32.2. The molecule has 1 saturated heterocycles. The quantitative estimate of drug-likeness (QED) is 0.0956. The minimum Gasteiger partial charge on any atom is -0.492 e. The third-order valence-corrected chi connectivity index (χ3v) is 11.6. The van der Waals surface area contributed by atoms with Crippen molar-refractivity contribution in [2.24, 2.45) is 0 Å². The molecule has 2 aliphatic rings. The van der Waals surface area contributed by atoms with Crippen LogP contribution in [-0.4, -0.2) is 55.9 Å². The fraction of sp³-hybridized carbons (Fsp3) is 0.293. The van der Waals surface area contributed by atoms with Gasteiger partial charge in [0.25, 0.3) is 0 Å². The van der Waals surface area contributed by atoms with Crippen molar-refractivity contribution in [1.29, 1.82) is 5.26 Å². The van der Waals surface area contributed by atoms with E-state index >= 15 is 17.6 Å². The zero-order valence-electron chi connectivity index (χ0n) is 30.4. The largest absolute Gasteiger partial charge is 0.492 e. The first-order valence-corrected chi connectivity index (χ1v) is 19.4. The number of carboxylic acid groups (broad SMARTS) is 1. The molecule has 1 heterocycles. The molecule has 6 rings (SSSR count). The Kier molecular flexibility index (Phi) is 11.8. The van der Waals surface area contributed by atoms with Crippen LogP contribution in [-0.2, 0) is 27.9 Å². The number of hydrogen-bond acceptors (Lipinski definition) is 7. The number of ether oxygens (including phenoxy) is 1. The molecule has 1 N–H and O–H groups in total. The van der Waals surface area contributed by atoms with E-state index in [4.69, 9.17) is 4.74 Å². The molecule has 1 saturated carbocycles. The Balaban J connectivity index is 1.50. The monoisotopic (exact) mass is 790 g/mol. The van der Waals surface area contributed by atoms with Crippen molar-refractivity contribution in [1.82, 2.24) is 4.31 Å². The van der Waals surface area contributed by atoms with Crippen LogP contribution in [0.15, 0.2) is 72.1 Å². The van der Waals surface area contributed by atoms with Crippen LogP contribution >= 0.6 is 0 Å². The zero-order valence-corrected chi connectivity index (χ0v) is 31.2. The molecule has 0 aromatic heterocycles. The van der Waals surface area contributed by atoms with Gasteiger partial charge in [0.15, 0.2) is 28.2 Å². The Bertz CT molecular complexity index is 2330. The van der Waals surface area contributed by atoms with E-state index in [2.05, 4.69) is 17.5 Å². The van der Waals surface area contributed by atoms with E-state index in [9.17, 15) is 28.4 Å². The second kappa shape index (κ2) is 16.6. The molecular formula is C41H38F4N4O6S. The van der Waals surface area contributed by atoms with Crippen molar-refractivity contribution >= 4 is 39.4 Å². The minimum atomic E-state index is -5.61. The maximum atomic E-state index is 15.5. The van der Waals surface area contributed by atoms with E-state index in [-0.39, 0.29) is 41.3 Å². The molecule has 0 spiro atoms. The first kappa shape index (κ1) is 40.0. The molecule has 15 heteroatoms. The number of nitriles is 1. The average Bonchev–Trinajstić information content (AvgIpc) is 3.89. The number of halogens is 4. The topological polar surface area (TPSA) is 131 Å². The van der Waals surface area contributed by atoms with E-state index in [1.54, 1.807) is 6.92 Å². The molecule has 1 aliphatic carbocycles. The number of aromatic carboxylic acids is 1. The number of hydrogen-bond donors (Lipinski definition) is 1. The number of carbonyl (C=O) groups excluding carboxylic acids is 1. The Morgan fingerprint density at radius 3 is 2.27 bits per heavy atom. The van der Waals surface area contributed by atoms with Gasteiger partial charge in [0.05, 0.1) is 48.1 Å². The molecule has 1 aliphatic heterocycles. The van der Waals surface area contributed by atoms with Gasteiger partial charge in [-0.1, -0.05) is 36.9 Å². The van der Waals surface area contributed by atoms with Crippen molar-refractivity contribution in [3.05, 3.63) is 124 Å². The van der Waals surface area contributed by atoms with Gasteiger partial charge in [-0.15, -0.1) is 0 Å². The highest BCUT2D eigenvalue weighted by molar-refractivity contribution is 7.89. The number of benzene rings is 4. The number of sulfonamides is 1. The first-order valence-electron chi connectivity index (χ1n) is 17.9. The van der Waals surface area contributed by atoms with E-state index < -0.39 is 68.7 Å². The summed E-state index contributed by atoms with van der Waals surface area (Å²) in [5.74, 6) is -10.4. The van der Waals surface area contributed by atoms with Crippen LogP contribution in [0.3, 0.4) is 0 Å². The summed E-state index contributed by atoms with van der Waals surface area (Å²) in [5.41, 5.74) is 1.31. The lowest BCUT2D eigenvalue weighted by Gasteiger charge is -2.30. The van der Waals surface area contributed by atoms with Crippen LogP contribution in [0.5, 0.6) is 5.75 Å². The van der Waals surface area contributed by atoms with Gasteiger partial charge >= 0.3 is 5.97 Å². The second-order valence-electron chi connectivity index (χ2n) is 13.5. The molecule has 2 fully saturated rings. The van der Waals surface area contributed by atoms with Crippen LogP contribution in [0.4, 0.5) is 28.9 Å². The van der Waals surface area contributed by atoms with Crippen LogP contribution < -0.4 is 14.5 Å². The van der Waals surface area contributed by atoms with Gasteiger partial charge < -0.3 is 19.6 Å². The van der Waals surface area contributed by atoms with Crippen molar-refractivity contribution in [2.75, 3.05) is 36.0 Å². The van der Waals surface area contributed by atoms with Gasteiger partial charge in [0.2, 0.25) is 15.9 Å². The second-order valence-corrected chi connectivity index (χ2v) is 15.4. The summed E-state index contributed by atoms with van der Waals surface area (Å²) >= 11 is 0. The fourth-order valence-electron chi connectivity index (χ4n) is 6.82. The lowest BCUT2D eigenvalue weighted by atomic mass is 10.0. The normalized spacial score (nSPS) is 14.1. The fourth-order valence-corrected chi connectivity index (χ4v) is 8.30. The van der Waals surface area contributed by atoms with Crippen molar-refractivity contribution in [3.8, 4) is 11.8 Å². The van der Waals surface area contributed by atoms with Crippen molar-refractivity contribution < 1.29 is 45.4 Å². The van der Waals surface area contributed by atoms with E-state index in [0.29, 0.717) is 21.9 Å². The standard InChI is InChI=1S/C41H38F4N4O6S/c1-3-32-36(42)38(44)40(39(45)37(32)43)56(53,54)48(23-29-10-6-5-9-28(29)21-46)24-35(50)49(33-14-13-27(41(51)52)20-34(33)55-4-2)22-25-17-30(26-11-12-26)19-31(18-25)47-15-7-8-16-47/h3,5-6,9-10,13-14,17-20,26H,1,4,7-8,11-12,15-16,22-24H2,2H3,(H,51,52). The summed E-state index contributed by atoms with van der Waals surface area (Å²) in [4.78, 5) is 28.1. The Labute approximate surface area is 321 Å². The van der Waals surface area contributed by atoms with Gasteiger partial charge in [-0.3, -0.25) is 4.79 Å². The van der Waals surface area contributed by atoms with Crippen LogP contribution in [0, 0.1) is 34.6 Å². The molecule has 0 bridgehead atoms. The molecule has 4 aromatic carbocycles. The minimum absolute atomic E-state index is 0.0237. The molecule has 1 amide bonds. The third kappa shape index (κ3) is 8.12. The van der Waals surface area contributed by atoms with Crippen molar-refractivity contribution in [3.63, 3.8) is 0 Å². The van der Waals surface area contributed by atoms with Crippen molar-refractivity contribution in [2.45, 2.75) is 56.5 Å². The number of amides is 1. The summed E-state index contributed by atoms with van der Waals surface area (Å²) in [6.07, 6.45) is 4.47. The number of carbonyl (C=O) groups is 2. The van der Waals surface area contributed by atoms with Crippen LogP contribution in [0.1, 0.15) is 76.7 Å². The molecule has 0 unspecified atom stereocenters. The van der Waals surface area contributed by atoms with Gasteiger partial charge in [-0.25, -0.2) is 30.8 Å². The predicted molar refractivity (Wildman–Crippen MR) is 201 cm³/mol. The SMILES string of the molecule is C=Cc1c(F)c(F)c(S(=O)(=O)N(CC(=O)N(Cc2cc(C3CC3)cc(N3CCCC3)c2)c2ccc(C(=O)O)cc2OCC)Cc2ccccc2C#N)c(F)c1F. The van der Waals surface area contributed by atoms with Gasteiger partial charge in [-0.05, 0) is 91.6 Å². The molecule has 0 atom stereocenters. The maximum Gasteiger partial charge on any atom is 0.335 e. The van der Waals surface area contributed by atoms with Gasteiger partial charge in [-0.2, -0.15) is 9.57 Å². The summed E-state index contributed by atoms with van der Waals surface area (Å²) in [5, 5.41) is 19.5. The van der Waals surface area contributed by atoms with E-state index in [1.807, 2.05) is 18.2 Å². The van der Waals surface area contributed by atoms with Gasteiger partial charge in [0, 0.05) is 25.3 Å². The van der Waals surface area contributed by atoms with Crippen LogP contribution in [0.25, 0.3) is 6.08 Å². The lowest BCUT2D eigenvalue weighted by Crippen LogP contribution is -2.43. The first-order chi connectivity index (χ1) is 26.8. The zero-order chi connectivity index (χ0) is 40.3. The van der Waals surface area contributed by atoms with Crippen LogP contribution in [0.2, 0.25) is 0 Å². The molecular weight excluding hydrogens is 753 g/mol. The highest BCUT2D eigenvalue weighted by Crippen LogP contribution is 2.43. The highest BCUT2D eigenvalue weighted by Gasteiger charge is 2.39. The average molecular weight is 791 g/mol. The summed E-state index contributed by atoms with van der Waals surface area (Å²) < 4.78 is 95.8. The molecule has 10 nitrogen and oxygen atoms in total. The number of carboxylic acids is 1. The molecule has 292 valence electrons. The summed E-state index contributed by atoms with van der Waals surface area (Å²) in [6, 6.07) is 17.4. The molecule has 4 aromatic rings. The lowest BCUT2D eigenvalue weighted by molar-refractivity contribution is -0.119. The maximum absolute atomic E-state index is 15.5. The van der Waals surface area contributed by atoms with E-state index in [0.717, 1.165) is 50.0 Å². The molecule has 56 heavy (non-hydrogen) atoms. The Morgan fingerprint density at radius 2 is 1.66 bits per heavy atom. The third-order valence-electron chi connectivity index (χ3n) is 9.81. The Hall–Kier alpha value is -5.72. The predicted octanol–water partition coefficient (Wildman–Crippen LogP) is 7.76. The molecule has 0 radical (unpaired) electrons. The van der Waals surface area contributed by atoms with Gasteiger partial charge in [0.1, 0.15) is 5.75 Å². The smallest absolute Gasteiger partial charge is 0.335 e. The number of nitrogens with zero attached hydrogens (tertiary/aromatic N) is 4. The number of rotatable bonds is 15. The summed E-state index contributed by atoms with van der Waals surface area (Å²) in [7, 11) is -5.61. The Morgan fingerprint density at radius 1 is 0.982 bits per heavy atom. The van der Waals surface area contributed by atoms with E-state index in [1.165, 1.54) is 47.4 Å².